The number of hydrogen-bond donors (Lipinski definition) is 0. The molecule has 2 nitrogen and oxygen atoms in total. The van der Waals surface area contributed by atoms with Gasteiger partial charge in [-0.2, -0.15) is 0 Å². The number of piperidine rings is 1. The Bertz CT molecular complexity index is 331. The van der Waals surface area contributed by atoms with Gasteiger partial charge in [0, 0.05) is 25.9 Å². The Balaban J connectivity index is 1.87. The summed E-state index contributed by atoms with van der Waals surface area (Å²) in [6.45, 7) is 2.85. The number of hydrogen-bond acceptors (Lipinski definition) is 4. The van der Waals surface area contributed by atoms with Gasteiger partial charge in [-0.25, -0.2) is 18.1 Å². The molecule has 2 rings (SSSR count). The van der Waals surface area contributed by atoms with Crippen LogP contribution >= 0.6 is 23.3 Å². The first kappa shape index (κ1) is 11.3. The van der Waals surface area contributed by atoms with Gasteiger partial charge in [-0.15, -0.1) is 11.3 Å². The summed E-state index contributed by atoms with van der Waals surface area (Å²) in [6.07, 6.45) is 1.74. The van der Waals surface area contributed by atoms with Gasteiger partial charge in [-0.3, -0.25) is 0 Å². The smallest absolute Gasteiger partial charge is 0.249 e. The first-order valence-electron chi connectivity index (χ1n) is 4.78. The number of rotatable bonds is 2. The minimum Gasteiger partial charge on any atom is -0.249 e. The Morgan fingerprint density at radius 1 is 1.47 bits per heavy atom. The molecule has 1 aliphatic heterocycles. The number of thiazole rings is 1. The molecule has 2 heterocycles. The molecule has 0 amide bonds. The highest BCUT2D eigenvalue weighted by Crippen LogP contribution is 2.34. The second-order valence-corrected chi connectivity index (χ2v) is 6.21. The summed E-state index contributed by atoms with van der Waals surface area (Å²) in [4.78, 5) is 4.13. The molecule has 0 saturated carbocycles. The van der Waals surface area contributed by atoms with E-state index in [1.165, 1.54) is 0 Å². The van der Waals surface area contributed by atoms with E-state index in [2.05, 4.69) is 4.98 Å². The molecule has 1 aliphatic rings. The molecule has 0 atom stereocenters. The summed E-state index contributed by atoms with van der Waals surface area (Å²) in [6, 6.07) is 0. The molecule has 6 heteroatoms. The van der Waals surface area contributed by atoms with Crippen molar-refractivity contribution in [2.75, 3.05) is 13.1 Å². The average molecular weight is 250 g/mol. The molecule has 0 spiro atoms. The van der Waals surface area contributed by atoms with Crippen molar-refractivity contribution in [1.82, 2.24) is 9.29 Å². The highest BCUT2D eigenvalue weighted by Gasteiger charge is 2.34. The quantitative estimate of drug-likeness (QED) is 0.750. The van der Waals surface area contributed by atoms with Gasteiger partial charge in [0.1, 0.15) is 0 Å². The monoisotopic (exact) mass is 250 g/mol. The maximum Gasteiger partial charge on any atom is 0.250 e. The Hall–Kier alpha value is -0.200. The molecular weight excluding hydrogens is 238 g/mol. The van der Waals surface area contributed by atoms with E-state index in [1.54, 1.807) is 29.5 Å². The van der Waals surface area contributed by atoms with Gasteiger partial charge < -0.3 is 0 Å². The Morgan fingerprint density at radius 2 is 2.13 bits per heavy atom. The van der Waals surface area contributed by atoms with E-state index in [4.69, 9.17) is 0 Å². The minimum atomic E-state index is -2.46. The van der Waals surface area contributed by atoms with Crippen molar-refractivity contribution in [1.29, 1.82) is 0 Å². The van der Waals surface area contributed by atoms with Crippen molar-refractivity contribution in [2.45, 2.75) is 29.9 Å². The molecule has 1 aromatic heterocycles. The number of aryl methyl sites for hydroxylation is 1. The zero-order valence-corrected chi connectivity index (χ0v) is 10.0. The predicted molar refractivity (Wildman–Crippen MR) is 58.5 cm³/mol. The topological polar surface area (TPSA) is 16.1 Å². The minimum absolute atomic E-state index is 0.0300. The standard InChI is InChI=1S/C9H12F2N2S2/c1-7-12-6-8(14-7)15-13-4-2-9(10,11)3-5-13/h6H,2-5H2,1H3. The van der Waals surface area contributed by atoms with E-state index >= 15 is 0 Å². The van der Waals surface area contributed by atoms with Gasteiger partial charge in [-0.05, 0) is 18.9 Å². The summed E-state index contributed by atoms with van der Waals surface area (Å²) in [5.74, 6) is -2.46. The lowest BCUT2D eigenvalue weighted by Gasteiger charge is -2.29. The molecular formula is C9H12F2N2S2. The molecule has 84 valence electrons. The van der Waals surface area contributed by atoms with Gasteiger partial charge in [0.25, 0.3) is 5.92 Å². The fourth-order valence-corrected chi connectivity index (χ4v) is 3.46. The zero-order valence-electron chi connectivity index (χ0n) is 8.37. The van der Waals surface area contributed by atoms with E-state index < -0.39 is 5.92 Å². The number of halogens is 2. The van der Waals surface area contributed by atoms with Crippen molar-refractivity contribution in [3.8, 4) is 0 Å². The van der Waals surface area contributed by atoms with Crippen LogP contribution in [0.5, 0.6) is 0 Å². The lowest BCUT2D eigenvalue weighted by atomic mass is 10.1. The number of alkyl halides is 2. The fraction of sp³-hybridized carbons (Fsp3) is 0.667. The third kappa shape index (κ3) is 3.12. The van der Waals surface area contributed by atoms with Gasteiger partial charge in [0.15, 0.2) is 0 Å². The predicted octanol–water partition coefficient (Wildman–Crippen LogP) is 3.19. The second-order valence-electron chi connectivity index (χ2n) is 3.57. The van der Waals surface area contributed by atoms with Gasteiger partial charge >= 0.3 is 0 Å². The Kier molecular flexibility index (Phi) is 3.27. The molecule has 1 fully saturated rings. The summed E-state index contributed by atoms with van der Waals surface area (Å²) < 4.78 is 28.8. The molecule has 1 saturated heterocycles. The van der Waals surface area contributed by atoms with Crippen molar-refractivity contribution in [3.63, 3.8) is 0 Å². The molecule has 0 aliphatic carbocycles. The zero-order chi connectivity index (χ0) is 10.9. The highest BCUT2D eigenvalue weighted by atomic mass is 32.2. The molecule has 0 aromatic carbocycles. The van der Waals surface area contributed by atoms with Crippen LogP contribution in [0.15, 0.2) is 10.4 Å². The van der Waals surface area contributed by atoms with Crippen LogP contribution in [0.4, 0.5) is 8.78 Å². The van der Waals surface area contributed by atoms with Crippen molar-refractivity contribution >= 4 is 23.3 Å². The van der Waals surface area contributed by atoms with E-state index in [-0.39, 0.29) is 12.8 Å². The van der Waals surface area contributed by atoms with Crippen LogP contribution in [0.2, 0.25) is 0 Å². The lowest BCUT2D eigenvalue weighted by molar-refractivity contribution is -0.0398. The third-order valence-electron chi connectivity index (χ3n) is 2.27. The fourth-order valence-electron chi connectivity index (χ4n) is 1.42. The lowest BCUT2D eigenvalue weighted by Crippen LogP contribution is -2.35. The van der Waals surface area contributed by atoms with E-state index in [0.717, 1.165) is 9.22 Å². The Labute approximate surface area is 95.8 Å². The number of nitrogens with zero attached hydrogens (tertiary/aromatic N) is 2. The van der Waals surface area contributed by atoms with Crippen molar-refractivity contribution in [2.24, 2.45) is 0 Å². The highest BCUT2D eigenvalue weighted by molar-refractivity contribution is 7.98. The van der Waals surface area contributed by atoms with Gasteiger partial charge in [-0.1, -0.05) is 0 Å². The van der Waals surface area contributed by atoms with Gasteiger partial charge in [0.2, 0.25) is 0 Å². The van der Waals surface area contributed by atoms with E-state index in [0.29, 0.717) is 13.1 Å². The second kappa shape index (κ2) is 4.35. The van der Waals surface area contributed by atoms with E-state index in [9.17, 15) is 8.78 Å². The van der Waals surface area contributed by atoms with Crippen LogP contribution in [0, 0.1) is 6.92 Å². The van der Waals surface area contributed by atoms with Crippen LogP contribution in [-0.4, -0.2) is 28.3 Å². The molecule has 1 aromatic rings. The molecule has 0 unspecified atom stereocenters. The van der Waals surface area contributed by atoms with Crippen LogP contribution in [0.3, 0.4) is 0 Å². The SMILES string of the molecule is Cc1ncc(SN2CCC(F)(F)CC2)s1. The van der Waals surface area contributed by atoms with Crippen molar-refractivity contribution in [3.05, 3.63) is 11.2 Å². The van der Waals surface area contributed by atoms with Crippen LogP contribution in [0.1, 0.15) is 17.8 Å². The molecule has 0 radical (unpaired) electrons. The average Bonchev–Trinajstić information content (AvgIpc) is 2.55. The normalized spacial score (nSPS) is 21.8. The van der Waals surface area contributed by atoms with Crippen LogP contribution in [-0.2, 0) is 0 Å². The first-order chi connectivity index (χ1) is 7.05. The van der Waals surface area contributed by atoms with Crippen molar-refractivity contribution < 1.29 is 8.78 Å². The third-order valence-corrected chi connectivity index (χ3v) is 4.36. The van der Waals surface area contributed by atoms with Crippen LogP contribution < -0.4 is 0 Å². The maximum atomic E-state index is 12.9. The van der Waals surface area contributed by atoms with E-state index in [1.807, 2.05) is 11.2 Å². The van der Waals surface area contributed by atoms with Gasteiger partial charge in [0.05, 0.1) is 15.4 Å². The summed E-state index contributed by atoms with van der Waals surface area (Å²) in [5.41, 5.74) is 0. The Morgan fingerprint density at radius 3 is 2.67 bits per heavy atom. The summed E-state index contributed by atoms with van der Waals surface area (Å²) in [5, 5.41) is 1.01. The summed E-state index contributed by atoms with van der Waals surface area (Å²) in [7, 11) is 0. The largest absolute Gasteiger partial charge is 0.250 e. The molecule has 15 heavy (non-hydrogen) atoms. The maximum absolute atomic E-state index is 12.9. The van der Waals surface area contributed by atoms with Crippen LogP contribution in [0.25, 0.3) is 0 Å². The molecule has 0 bridgehead atoms. The molecule has 0 N–H and O–H groups in total. The first-order valence-corrected chi connectivity index (χ1v) is 6.37. The summed E-state index contributed by atoms with van der Waals surface area (Å²) >= 11 is 3.15. The number of aromatic nitrogens is 1.